The van der Waals surface area contributed by atoms with Crippen molar-refractivity contribution in [3.63, 3.8) is 0 Å². The molecule has 7 heteroatoms. The summed E-state index contributed by atoms with van der Waals surface area (Å²) in [6, 6.07) is 11.7. The number of sulfonamides is 1. The number of halogens is 1. The van der Waals surface area contributed by atoms with Crippen LogP contribution in [0.25, 0.3) is 0 Å². The minimum atomic E-state index is -3.45. The lowest BCUT2D eigenvalue weighted by Gasteiger charge is -2.21. The Balaban J connectivity index is 1.68. The van der Waals surface area contributed by atoms with Gasteiger partial charge in [-0.05, 0) is 42.3 Å². The Morgan fingerprint density at radius 2 is 1.89 bits per heavy atom. The average molecular weight is 392 g/mol. The van der Waals surface area contributed by atoms with Crippen molar-refractivity contribution in [2.45, 2.75) is 25.2 Å². The maximum atomic E-state index is 13.6. The number of anilines is 1. The molecule has 27 heavy (non-hydrogen) atoms. The summed E-state index contributed by atoms with van der Waals surface area (Å²) in [5.41, 5.74) is 2.04. The summed E-state index contributed by atoms with van der Waals surface area (Å²) in [5.74, 6) is -0.122. The Morgan fingerprint density at radius 1 is 1.15 bits per heavy atom. The van der Waals surface area contributed by atoms with Crippen molar-refractivity contribution in [3.05, 3.63) is 53.8 Å². The van der Waals surface area contributed by atoms with Gasteiger partial charge in [-0.3, -0.25) is 0 Å². The molecule has 0 atom stereocenters. The van der Waals surface area contributed by atoms with Crippen LogP contribution in [0.15, 0.2) is 47.4 Å². The second-order valence-electron chi connectivity index (χ2n) is 6.40. The molecule has 0 N–H and O–H groups in total. The lowest BCUT2D eigenvalue weighted by molar-refractivity contribution is 0.308. The lowest BCUT2D eigenvalue weighted by Crippen LogP contribution is -2.30. The molecule has 0 fully saturated rings. The maximum absolute atomic E-state index is 13.6. The van der Waals surface area contributed by atoms with E-state index >= 15 is 0 Å². The zero-order valence-electron chi connectivity index (χ0n) is 15.7. The van der Waals surface area contributed by atoms with Gasteiger partial charge in [-0.2, -0.15) is 4.31 Å². The first-order valence-electron chi connectivity index (χ1n) is 9.22. The van der Waals surface area contributed by atoms with Crippen LogP contribution in [0.1, 0.15) is 19.4 Å². The molecule has 1 heterocycles. The summed E-state index contributed by atoms with van der Waals surface area (Å²) < 4.78 is 46.0. The van der Waals surface area contributed by atoms with E-state index in [1.54, 1.807) is 30.3 Å². The number of para-hydroxylation sites is 1. The number of rotatable bonds is 8. The van der Waals surface area contributed by atoms with Gasteiger partial charge in [-0.15, -0.1) is 0 Å². The van der Waals surface area contributed by atoms with Gasteiger partial charge in [0, 0.05) is 25.3 Å². The molecular formula is C20H25FN2O3S. The Morgan fingerprint density at radius 3 is 2.59 bits per heavy atom. The molecule has 2 aromatic rings. The third kappa shape index (κ3) is 4.09. The average Bonchev–Trinajstić information content (AvgIpc) is 3.06. The first-order valence-corrected chi connectivity index (χ1v) is 10.7. The third-order valence-corrected chi connectivity index (χ3v) is 6.89. The zero-order chi connectivity index (χ0) is 19.4. The summed E-state index contributed by atoms with van der Waals surface area (Å²) in [4.78, 5) is 2.48. The monoisotopic (exact) mass is 392 g/mol. The largest absolute Gasteiger partial charge is 0.489 e. The van der Waals surface area contributed by atoms with E-state index in [-0.39, 0.29) is 11.6 Å². The van der Waals surface area contributed by atoms with E-state index in [4.69, 9.17) is 4.74 Å². The summed E-state index contributed by atoms with van der Waals surface area (Å²) in [7, 11) is -3.45. The molecule has 0 bridgehead atoms. The van der Waals surface area contributed by atoms with Crippen LogP contribution >= 0.6 is 0 Å². The zero-order valence-corrected chi connectivity index (χ0v) is 16.5. The summed E-state index contributed by atoms with van der Waals surface area (Å²) in [6.07, 6.45) is 0.788. The second kappa shape index (κ2) is 8.27. The number of hydrogen-bond donors (Lipinski definition) is 0. The van der Waals surface area contributed by atoms with Gasteiger partial charge < -0.3 is 9.64 Å². The molecule has 0 saturated carbocycles. The van der Waals surface area contributed by atoms with Crippen LogP contribution in [0.2, 0.25) is 0 Å². The van der Waals surface area contributed by atoms with Crippen LogP contribution in [-0.4, -0.2) is 45.5 Å². The molecule has 0 aliphatic carbocycles. The van der Waals surface area contributed by atoms with Gasteiger partial charge in [0.25, 0.3) is 0 Å². The molecule has 1 aliphatic heterocycles. The van der Waals surface area contributed by atoms with Gasteiger partial charge in [0.05, 0.1) is 11.4 Å². The van der Waals surface area contributed by atoms with Crippen LogP contribution < -0.4 is 9.64 Å². The van der Waals surface area contributed by atoms with Crippen molar-refractivity contribution in [3.8, 4) is 5.75 Å². The minimum absolute atomic E-state index is 0.248. The van der Waals surface area contributed by atoms with Crippen molar-refractivity contribution in [2.75, 3.05) is 37.7 Å². The van der Waals surface area contributed by atoms with Crippen molar-refractivity contribution in [2.24, 2.45) is 0 Å². The van der Waals surface area contributed by atoms with E-state index in [9.17, 15) is 12.8 Å². The van der Waals surface area contributed by atoms with Gasteiger partial charge in [0.1, 0.15) is 6.61 Å². The molecule has 3 rings (SSSR count). The number of nitrogens with zero attached hydrogens (tertiary/aromatic N) is 2. The van der Waals surface area contributed by atoms with Crippen molar-refractivity contribution >= 4 is 15.7 Å². The highest BCUT2D eigenvalue weighted by Crippen LogP contribution is 2.31. The number of fused-ring (bicyclic) bond motifs is 1. The number of hydrogen-bond acceptors (Lipinski definition) is 4. The summed E-state index contributed by atoms with van der Waals surface area (Å²) in [6.45, 7) is 6.36. The van der Waals surface area contributed by atoms with Crippen molar-refractivity contribution in [1.82, 2.24) is 4.31 Å². The Kier molecular flexibility index (Phi) is 6.01. The molecule has 0 amide bonds. The Hall–Kier alpha value is -2.12. The number of ether oxygens (including phenoxy) is 1. The van der Waals surface area contributed by atoms with E-state index < -0.39 is 10.0 Å². The van der Waals surface area contributed by atoms with Gasteiger partial charge in [-0.25, -0.2) is 12.8 Å². The molecule has 0 spiro atoms. The first-order chi connectivity index (χ1) is 13.0. The summed E-state index contributed by atoms with van der Waals surface area (Å²) in [5, 5.41) is 0. The van der Waals surface area contributed by atoms with Crippen molar-refractivity contribution in [1.29, 1.82) is 0 Å². The fourth-order valence-corrected chi connectivity index (χ4v) is 4.89. The smallest absolute Gasteiger partial charge is 0.243 e. The van der Waals surface area contributed by atoms with Gasteiger partial charge in [0.2, 0.25) is 10.0 Å². The van der Waals surface area contributed by atoms with Crippen LogP contribution in [-0.2, 0) is 16.4 Å². The highest BCUT2D eigenvalue weighted by Gasteiger charge is 2.25. The molecule has 2 aromatic carbocycles. The minimum Gasteiger partial charge on any atom is -0.489 e. The topological polar surface area (TPSA) is 49.9 Å². The van der Waals surface area contributed by atoms with E-state index in [1.807, 2.05) is 19.9 Å². The molecule has 1 aliphatic rings. The van der Waals surface area contributed by atoms with E-state index in [0.717, 1.165) is 24.2 Å². The highest BCUT2D eigenvalue weighted by atomic mass is 32.2. The fraction of sp³-hybridized carbons (Fsp3) is 0.400. The lowest BCUT2D eigenvalue weighted by atomic mass is 10.2. The van der Waals surface area contributed by atoms with E-state index in [1.165, 1.54) is 10.4 Å². The summed E-state index contributed by atoms with van der Waals surface area (Å²) >= 11 is 0. The van der Waals surface area contributed by atoms with E-state index in [2.05, 4.69) is 4.90 Å². The molecule has 5 nitrogen and oxygen atoms in total. The van der Waals surface area contributed by atoms with Crippen LogP contribution in [0.5, 0.6) is 5.75 Å². The first kappa shape index (κ1) is 19.6. The van der Waals surface area contributed by atoms with Gasteiger partial charge >= 0.3 is 0 Å². The number of benzene rings is 2. The van der Waals surface area contributed by atoms with Crippen LogP contribution in [0, 0.1) is 5.82 Å². The van der Waals surface area contributed by atoms with Crippen molar-refractivity contribution < 1.29 is 17.5 Å². The quantitative estimate of drug-likeness (QED) is 0.692. The molecule has 0 unspecified atom stereocenters. The second-order valence-corrected chi connectivity index (χ2v) is 8.33. The fourth-order valence-electron chi connectivity index (χ4n) is 3.38. The highest BCUT2D eigenvalue weighted by molar-refractivity contribution is 7.89. The predicted octanol–water partition coefficient (Wildman–Crippen LogP) is 3.30. The molecule has 0 radical (unpaired) electrons. The van der Waals surface area contributed by atoms with Gasteiger partial charge in [-0.1, -0.05) is 26.0 Å². The Labute approximate surface area is 160 Å². The molecule has 146 valence electrons. The maximum Gasteiger partial charge on any atom is 0.243 e. The molecule has 0 saturated heterocycles. The third-order valence-electron chi connectivity index (χ3n) is 4.84. The standard InChI is InChI=1S/C20H25FN2O3S/c1-3-23(4-2)27(24,25)17-9-10-19-16(15-17)11-12-22(19)13-14-26-20-8-6-5-7-18(20)21/h5-10,15H,3-4,11-14H2,1-2H3. The van der Waals surface area contributed by atoms with Crippen LogP contribution in [0.4, 0.5) is 10.1 Å². The normalized spacial score (nSPS) is 13.9. The van der Waals surface area contributed by atoms with Gasteiger partial charge in [0.15, 0.2) is 11.6 Å². The molecule has 0 aromatic heterocycles. The SMILES string of the molecule is CCN(CC)S(=O)(=O)c1ccc2c(c1)CCN2CCOc1ccccc1F. The predicted molar refractivity (Wildman–Crippen MR) is 104 cm³/mol. The van der Waals surface area contributed by atoms with Crippen LogP contribution in [0.3, 0.4) is 0 Å². The van der Waals surface area contributed by atoms with E-state index in [0.29, 0.717) is 31.1 Å². The molecular weight excluding hydrogens is 367 g/mol. The Bertz CT molecular complexity index is 898.